The summed E-state index contributed by atoms with van der Waals surface area (Å²) in [6.07, 6.45) is -0.966. The highest BCUT2D eigenvalue weighted by atomic mass is 16.5. The third-order valence-corrected chi connectivity index (χ3v) is 4.75. The maximum Gasteiger partial charge on any atom is 0.251 e. The number of fused-ring (bicyclic) bond motifs is 1. The lowest BCUT2D eigenvalue weighted by Gasteiger charge is -2.42. The fraction of sp³-hybridized carbons (Fsp3) is 0.333. The van der Waals surface area contributed by atoms with Gasteiger partial charge in [0.05, 0.1) is 6.04 Å². The van der Waals surface area contributed by atoms with Gasteiger partial charge in [-0.05, 0) is 58.0 Å². The first-order valence-corrected chi connectivity index (χ1v) is 8.58. The summed E-state index contributed by atoms with van der Waals surface area (Å²) in [6, 6.07) is 11.6. The normalized spacial score (nSPS) is 20.7. The van der Waals surface area contributed by atoms with Gasteiger partial charge < -0.3 is 15.2 Å². The Balaban J connectivity index is 1.99. The highest BCUT2D eigenvalue weighted by molar-refractivity contribution is 5.95. The van der Waals surface area contributed by atoms with Crippen molar-refractivity contribution < 1.29 is 19.4 Å². The van der Waals surface area contributed by atoms with E-state index in [1.165, 1.54) is 6.92 Å². The average molecular weight is 353 g/mol. The summed E-state index contributed by atoms with van der Waals surface area (Å²) < 4.78 is 5.89. The van der Waals surface area contributed by atoms with Crippen LogP contribution in [0.3, 0.4) is 0 Å². The zero-order valence-electron chi connectivity index (χ0n) is 15.4. The summed E-state index contributed by atoms with van der Waals surface area (Å²) >= 11 is 0. The molecule has 0 spiro atoms. The highest BCUT2D eigenvalue weighted by Crippen LogP contribution is 2.40. The Kier molecular flexibility index (Phi) is 4.59. The van der Waals surface area contributed by atoms with Gasteiger partial charge in [0.15, 0.2) is 5.78 Å². The van der Waals surface area contributed by atoms with E-state index in [0.29, 0.717) is 22.4 Å². The van der Waals surface area contributed by atoms with Gasteiger partial charge >= 0.3 is 0 Å². The third kappa shape index (κ3) is 3.35. The molecular formula is C21H23NO4. The standard InChI is InChI=1S/C21H23NO4/c1-12-5-7-14(8-6-12)20(25)22-18-16-11-15(13(2)23)9-10-17(16)26-21(3,4)19(18)24/h5-11,18-19,24H,1-4H3,(H,22,25)/t18-,19+/m1/s1. The molecule has 2 aromatic rings. The molecule has 0 unspecified atom stereocenters. The van der Waals surface area contributed by atoms with Crippen LogP contribution in [0.4, 0.5) is 0 Å². The molecule has 5 heteroatoms. The molecule has 0 saturated carbocycles. The van der Waals surface area contributed by atoms with E-state index < -0.39 is 17.7 Å². The number of nitrogens with one attached hydrogen (secondary N) is 1. The second kappa shape index (κ2) is 6.57. The van der Waals surface area contributed by atoms with Crippen LogP contribution in [0.1, 0.15) is 58.7 Å². The second-order valence-electron chi connectivity index (χ2n) is 7.28. The highest BCUT2D eigenvalue weighted by Gasteiger charge is 2.43. The number of Topliss-reactive ketones (excluding diaryl/α,β-unsaturated/α-hetero) is 1. The fourth-order valence-electron chi connectivity index (χ4n) is 3.10. The number of carbonyl (C=O) groups excluding carboxylic acids is 2. The van der Waals surface area contributed by atoms with Crippen LogP contribution >= 0.6 is 0 Å². The van der Waals surface area contributed by atoms with Crippen LogP contribution in [0.5, 0.6) is 5.75 Å². The van der Waals surface area contributed by atoms with E-state index in [4.69, 9.17) is 4.74 Å². The lowest BCUT2D eigenvalue weighted by Crippen LogP contribution is -2.53. The minimum absolute atomic E-state index is 0.0873. The molecule has 0 fully saturated rings. The maximum atomic E-state index is 12.7. The van der Waals surface area contributed by atoms with Gasteiger partial charge in [-0.2, -0.15) is 0 Å². The van der Waals surface area contributed by atoms with Crippen molar-refractivity contribution in [1.29, 1.82) is 0 Å². The number of amides is 1. The van der Waals surface area contributed by atoms with Gasteiger partial charge in [0.2, 0.25) is 0 Å². The monoisotopic (exact) mass is 353 g/mol. The number of ketones is 1. The molecule has 1 heterocycles. The van der Waals surface area contributed by atoms with Gasteiger partial charge in [-0.3, -0.25) is 9.59 Å². The molecule has 0 saturated heterocycles. The van der Waals surface area contributed by atoms with Crippen molar-refractivity contribution in [3.05, 3.63) is 64.7 Å². The molecule has 0 radical (unpaired) electrons. The zero-order chi connectivity index (χ0) is 19.1. The molecule has 1 amide bonds. The second-order valence-corrected chi connectivity index (χ2v) is 7.28. The molecule has 0 aliphatic carbocycles. The number of benzene rings is 2. The van der Waals surface area contributed by atoms with Crippen LogP contribution in [-0.4, -0.2) is 28.5 Å². The summed E-state index contributed by atoms with van der Waals surface area (Å²) in [5, 5.41) is 13.7. The lowest BCUT2D eigenvalue weighted by atomic mass is 9.85. The van der Waals surface area contributed by atoms with Crippen molar-refractivity contribution in [2.45, 2.75) is 45.4 Å². The summed E-state index contributed by atoms with van der Waals surface area (Å²) in [7, 11) is 0. The van der Waals surface area contributed by atoms with E-state index in [2.05, 4.69) is 5.32 Å². The number of aliphatic hydroxyl groups excluding tert-OH is 1. The van der Waals surface area contributed by atoms with E-state index in [0.717, 1.165) is 5.56 Å². The molecule has 26 heavy (non-hydrogen) atoms. The van der Waals surface area contributed by atoms with Crippen molar-refractivity contribution in [2.75, 3.05) is 0 Å². The Hall–Kier alpha value is -2.66. The molecule has 5 nitrogen and oxygen atoms in total. The molecule has 3 rings (SSSR count). The Bertz CT molecular complexity index is 855. The molecule has 2 N–H and O–H groups in total. The number of aryl methyl sites for hydroxylation is 1. The number of ether oxygens (including phenoxy) is 1. The van der Waals surface area contributed by atoms with Gasteiger partial charge in [-0.15, -0.1) is 0 Å². The van der Waals surface area contributed by atoms with Crippen molar-refractivity contribution in [3.8, 4) is 5.75 Å². The van der Waals surface area contributed by atoms with Crippen molar-refractivity contribution in [2.24, 2.45) is 0 Å². The van der Waals surface area contributed by atoms with Crippen molar-refractivity contribution >= 4 is 11.7 Å². The molecule has 0 aromatic heterocycles. The summed E-state index contributed by atoms with van der Waals surface area (Å²) in [6.45, 7) is 6.96. The van der Waals surface area contributed by atoms with Gasteiger partial charge in [-0.25, -0.2) is 0 Å². The lowest BCUT2D eigenvalue weighted by molar-refractivity contribution is -0.0627. The number of hydrogen-bond donors (Lipinski definition) is 2. The number of hydrogen-bond acceptors (Lipinski definition) is 4. The van der Waals surface area contributed by atoms with Crippen LogP contribution < -0.4 is 10.1 Å². The number of aliphatic hydroxyl groups is 1. The molecular weight excluding hydrogens is 330 g/mol. The molecule has 1 aliphatic heterocycles. The predicted octanol–water partition coefficient (Wildman–Crippen LogP) is 3.20. The van der Waals surface area contributed by atoms with Crippen molar-refractivity contribution in [3.63, 3.8) is 0 Å². The maximum absolute atomic E-state index is 12.7. The van der Waals surface area contributed by atoms with Gasteiger partial charge in [0.1, 0.15) is 17.5 Å². The Morgan fingerprint density at radius 3 is 2.31 bits per heavy atom. The summed E-state index contributed by atoms with van der Waals surface area (Å²) in [5.74, 6) is 0.182. The first-order valence-electron chi connectivity index (χ1n) is 8.58. The van der Waals surface area contributed by atoms with E-state index in [9.17, 15) is 14.7 Å². The molecule has 2 aromatic carbocycles. The van der Waals surface area contributed by atoms with E-state index in [1.807, 2.05) is 19.1 Å². The van der Waals surface area contributed by atoms with Crippen LogP contribution in [0.15, 0.2) is 42.5 Å². The van der Waals surface area contributed by atoms with Gasteiger partial charge in [-0.1, -0.05) is 17.7 Å². The van der Waals surface area contributed by atoms with Crippen LogP contribution in [0.25, 0.3) is 0 Å². The summed E-state index contributed by atoms with van der Waals surface area (Å²) in [4.78, 5) is 24.4. The minimum atomic E-state index is -0.966. The quantitative estimate of drug-likeness (QED) is 0.831. The van der Waals surface area contributed by atoms with Gasteiger partial charge in [0.25, 0.3) is 5.91 Å². The SMILES string of the molecule is CC(=O)c1ccc2c(c1)[C@@H](NC(=O)c1ccc(C)cc1)[C@H](O)C(C)(C)O2. The van der Waals surface area contributed by atoms with Crippen LogP contribution in [0.2, 0.25) is 0 Å². The minimum Gasteiger partial charge on any atom is -0.485 e. The topological polar surface area (TPSA) is 75.6 Å². The van der Waals surface area contributed by atoms with E-state index in [1.54, 1.807) is 44.2 Å². The summed E-state index contributed by atoms with van der Waals surface area (Å²) in [5.41, 5.74) is 1.80. The first kappa shape index (κ1) is 18.1. The third-order valence-electron chi connectivity index (χ3n) is 4.75. The average Bonchev–Trinajstić information content (AvgIpc) is 2.58. The Morgan fingerprint density at radius 1 is 1.08 bits per heavy atom. The molecule has 136 valence electrons. The predicted molar refractivity (Wildman–Crippen MR) is 98.5 cm³/mol. The molecule has 2 atom stereocenters. The van der Waals surface area contributed by atoms with Gasteiger partial charge in [0, 0.05) is 16.7 Å². The molecule has 0 bridgehead atoms. The Morgan fingerprint density at radius 2 is 1.69 bits per heavy atom. The van der Waals surface area contributed by atoms with Crippen molar-refractivity contribution in [1.82, 2.24) is 5.32 Å². The smallest absolute Gasteiger partial charge is 0.251 e. The van der Waals surface area contributed by atoms with E-state index >= 15 is 0 Å². The largest absolute Gasteiger partial charge is 0.485 e. The van der Waals surface area contributed by atoms with Crippen LogP contribution in [-0.2, 0) is 0 Å². The van der Waals surface area contributed by atoms with Crippen LogP contribution in [0, 0.1) is 6.92 Å². The molecule has 1 aliphatic rings. The Labute approximate surface area is 153 Å². The first-order chi connectivity index (χ1) is 12.2. The zero-order valence-corrected chi connectivity index (χ0v) is 15.4. The number of carbonyl (C=O) groups is 2. The number of rotatable bonds is 3. The van der Waals surface area contributed by atoms with E-state index in [-0.39, 0.29) is 11.7 Å². The fourth-order valence-corrected chi connectivity index (χ4v) is 3.10.